The van der Waals surface area contributed by atoms with Crippen LogP contribution in [0.25, 0.3) is 22.0 Å². The lowest BCUT2D eigenvalue weighted by Crippen LogP contribution is -2.37. The number of likely N-dealkylation sites (N-methyl/N-ethyl adjacent to an activating group) is 1. The zero-order valence-electron chi connectivity index (χ0n) is 15.1. The number of benzene rings is 2. The van der Waals surface area contributed by atoms with Crippen molar-refractivity contribution in [3.05, 3.63) is 60.3 Å². The summed E-state index contributed by atoms with van der Waals surface area (Å²) in [6.45, 7) is 1.46. The van der Waals surface area contributed by atoms with Crippen LogP contribution in [0.5, 0.6) is 0 Å². The van der Waals surface area contributed by atoms with Crippen molar-refractivity contribution in [1.82, 2.24) is 9.88 Å². The van der Waals surface area contributed by atoms with Crippen LogP contribution in [0.1, 0.15) is 29.6 Å². The number of aromatic nitrogens is 1. The summed E-state index contributed by atoms with van der Waals surface area (Å²) in [6, 6.07) is 16.2. The van der Waals surface area contributed by atoms with E-state index < -0.39 is 0 Å². The zero-order valence-corrected chi connectivity index (χ0v) is 15.1. The number of carbonyl (C=O) groups excluding carboxylic acids is 1. The molecule has 1 saturated heterocycles. The van der Waals surface area contributed by atoms with Gasteiger partial charge in [-0.1, -0.05) is 18.2 Å². The monoisotopic (exact) mass is 348 g/mol. The molecule has 0 radical (unpaired) electrons. The maximum atomic E-state index is 12.8. The van der Waals surface area contributed by atoms with Gasteiger partial charge >= 0.3 is 0 Å². The molecule has 4 rings (SSSR count). The van der Waals surface area contributed by atoms with Gasteiger partial charge in [0, 0.05) is 37.5 Å². The lowest BCUT2D eigenvalue weighted by Gasteiger charge is -2.27. The second-order valence-electron chi connectivity index (χ2n) is 7.03. The molecule has 1 N–H and O–H groups in total. The number of aromatic amines is 1. The molecule has 4 heteroatoms. The van der Waals surface area contributed by atoms with E-state index in [1.807, 2.05) is 31.4 Å². The van der Waals surface area contributed by atoms with E-state index >= 15 is 0 Å². The Kier molecular flexibility index (Phi) is 4.76. The van der Waals surface area contributed by atoms with Crippen molar-refractivity contribution in [3.63, 3.8) is 0 Å². The average Bonchev–Trinajstić information content (AvgIpc) is 3.16. The minimum Gasteiger partial charge on any atom is -0.376 e. The molecule has 4 nitrogen and oxygen atoms in total. The van der Waals surface area contributed by atoms with Crippen LogP contribution in [-0.4, -0.2) is 42.1 Å². The van der Waals surface area contributed by atoms with Gasteiger partial charge in [-0.25, -0.2) is 0 Å². The van der Waals surface area contributed by atoms with Crippen molar-refractivity contribution in [2.75, 3.05) is 20.2 Å². The molecule has 0 saturated carbocycles. The van der Waals surface area contributed by atoms with Gasteiger partial charge in [0.15, 0.2) is 0 Å². The molecule has 1 fully saturated rings. The van der Waals surface area contributed by atoms with E-state index in [1.165, 1.54) is 11.8 Å². The van der Waals surface area contributed by atoms with Crippen LogP contribution >= 0.6 is 0 Å². The zero-order chi connectivity index (χ0) is 17.9. The van der Waals surface area contributed by atoms with Crippen LogP contribution in [0.2, 0.25) is 0 Å². The third-order valence-corrected chi connectivity index (χ3v) is 5.09. The predicted molar refractivity (Wildman–Crippen MR) is 104 cm³/mol. The largest absolute Gasteiger partial charge is 0.376 e. The minimum absolute atomic E-state index is 0.0451. The van der Waals surface area contributed by atoms with Gasteiger partial charge in [-0.3, -0.25) is 4.79 Å². The molecule has 3 aromatic rings. The van der Waals surface area contributed by atoms with Crippen LogP contribution in [0, 0.1) is 0 Å². The third kappa shape index (κ3) is 3.51. The fourth-order valence-corrected chi connectivity index (χ4v) is 3.62. The van der Waals surface area contributed by atoms with Crippen molar-refractivity contribution in [2.24, 2.45) is 0 Å². The Morgan fingerprint density at radius 3 is 2.88 bits per heavy atom. The lowest BCUT2D eigenvalue weighted by atomic mass is 10.0. The molecule has 2 heterocycles. The van der Waals surface area contributed by atoms with Crippen LogP contribution in [0.15, 0.2) is 54.7 Å². The van der Waals surface area contributed by atoms with Crippen molar-refractivity contribution >= 4 is 16.8 Å². The Morgan fingerprint density at radius 2 is 2.04 bits per heavy atom. The third-order valence-electron chi connectivity index (χ3n) is 5.09. The number of carbonyl (C=O) groups is 1. The first kappa shape index (κ1) is 16.9. The molecule has 1 aliphatic heterocycles. The number of amides is 1. The van der Waals surface area contributed by atoms with Crippen molar-refractivity contribution in [1.29, 1.82) is 0 Å². The van der Waals surface area contributed by atoms with Crippen molar-refractivity contribution in [2.45, 2.75) is 25.4 Å². The van der Waals surface area contributed by atoms with E-state index in [0.717, 1.165) is 41.7 Å². The Hall–Kier alpha value is -2.59. The van der Waals surface area contributed by atoms with Crippen LogP contribution in [-0.2, 0) is 4.74 Å². The molecule has 134 valence electrons. The Balaban J connectivity index is 1.53. The number of hydrogen-bond donors (Lipinski definition) is 1. The minimum atomic E-state index is 0.0451. The van der Waals surface area contributed by atoms with Gasteiger partial charge in [0.25, 0.3) is 5.91 Å². The van der Waals surface area contributed by atoms with Crippen LogP contribution in [0.3, 0.4) is 0 Å². The topological polar surface area (TPSA) is 45.3 Å². The second kappa shape index (κ2) is 7.34. The molecule has 0 aliphatic carbocycles. The standard InChI is InChI=1S/C22H24N2O2/c1-24(15-20-7-2-3-12-26-20)22(25)19-6-4-5-16(14-19)17-8-9-21-18(13-17)10-11-23-21/h4-6,8-11,13-14,20,23H,2-3,7,12,15H2,1H3/t20-/m0/s1. The number of nitrogens with one attached hydrogen (secondary N) is 1. The van der Waals surface area contributed by atoms with Gasteiger partial charge < -0.3 is 14.6 Å². The molecule has 26 heavy (non-hydrogen) atoms. The first-order chi connectivity index (χ1) is 12.7. The number of nitrogens with zero attached hydrogens (tertiary/aromatic N) is 1. The van der Waals surface area contributed by atoms with E-state index in [1.54, 1.807) is 4.90 Å². The molecular weight excluding hydrogens is 324 g/mol. The first-order valence-corrected chi connectivity index (χ1v) is 9.25. The molecule has 0 bridgehead atoms. The molecule has 2 aromatic carbocycles. The first-order valence-electron chi connectivity index (χ1n) is 9.25. The van der Waals surface area contributed by atoms with Crippen LogP contribution < -0.4 is 0 Å². The molecule has 1 aromatic heterocycles. The molecule has 1 aliphatic rings. The summed E-state index contributed by atoms with van der Waals surface area (Å²) < 4.78 is 5.76. The summed E-state index contributed by atoms with van der Waals surface area (Å²) in [5.74, 6) is 0.0451. The molecule has 1 amide bonds. The number of fused-ring (bicyclic) bond motifs is 1. The van der Waals surface area contributed by atoms with Crippen molar-refractivity contribution in [3.8, 4) is 11.1 Å². The fraction of sp³-hybridized carbons (Fsp3) is 0.318. The SMILES string of the molecule is CN(C[C@@H]1CCCCO1)C(=O)c1cccc(-c2ccc3[nH]ccc3c2)c1. The van der Waals surface area contributed by atoms with E-state index in [2.05, 4.69) is 35.3 Å². The van der Waals surface area contributed by atoms with Gasteiger partial charge in [-0.15, -0.1) is 0 Å². The normalized spacial score (nSPS) is 17.3. The molecule has 1 atom stereocenters. The van der Waals surface area contributed by atoms with Gasteiger partial charge in [0.05, 0.1) is 6.10 Å². The smallest absolute Gasteiger partial charge is 0.253 e. The summed E-state index contributed by atoms with van der Waals surface area (Å²) >= 11 is 0. The molecular formula is C22H24N2O2. The Morgan fingerprint density at radius 1 is 1.15 bits per heavy atom. The maximum absolute atomic E-state index is 12.8. The van der Waals surface area contributed by atoms with Gasteiger partial charge in [0.2, 0.25) is 0 Å². The van der Waals surface area contributed by atoms with E-state index in [-0.39, 0.29) is 12.0 Å². The van der Waals surface area contributed by atoms with Gasteiger partial charge in [-0.05, 0) is 66.1 Å². The highest BCUT2D eigenvalue weighted by Crippen LogP contribution is 2.25. The summed E-state index contributed by atoms with van der Waals surface area (Å²) in [5, 5.41) is 1.17. The summed E-state index contributed by atoms with van der Waals surface area (Å²) in [4.78, 5) is 17.8. The fourth-order valence-electron chi connectivity index (χ4n) is 3.62. The van der Waals surface area contributed by atoms with Gasteiger partial charge in [0.1, 0.15) is 0 Å². The number of H-pyrrole nitrogens is 1. The van der Waals surface area contributed by atoms with E-state index in [0.29, 0.717) is 6.54 Å². The highest BCUT2D eigenvalue weighted by molar-refractivity contribution is 5.95. The summed E-state index contributed by atoms with van der Waals surface area (Å²) in [6.07, 6.45) is 5.45. The summed E-state index contributed by atoms with van der Waals surface area (Å²) in [7, 11) is 1.86. The Labute approximate surface area is 153 Å². The van der Waals surface area contributed by atoms with Crippen LogP contribution in [0.4, 0.5) is 0 Å². The summed E-state index contributed by atoms with van der Waals surface area (Å²) in [5.41, 5.74) is 4.01. The average molecular weight is 348 g/mol. The maximum Gasteiger partial charge on any atom is 0.253 e. The van der Waals surface area contributed by atoms with Gasteiger partial charge in [-0.2, -0.15) is 0 Å². The highest BCUT2D eigenvalue weighted by Gasteiger charge is 2.20. The second-order valence-corrected chi connectivity index (χ2v) is 7.03. The van der Waals surface area contributed by atoms with Crippen molar-refractivity contribution < 1.29 is 9.53 Å². The lowest BCUT2D eigenvalue weighted by molar-refractivity contribution is -0.000186. The van der Waals surface area contributed by atoms with E-state index in [9.17, 15) is 4.79 Å². The number of hydrogen-bond acceptors (Lipinski definition) is 2. The number of ether oxygens (including phenoxy) is 1. The predicted octanol–water partition coefficient (Wildman–Crippen LogP) is 4.48. The molecule has 0 spiro atoms. The Bertz CT molecular complexity index is 909. The highest BCUT2D eigenvalue weighted by atomic mass is 16.5. The number of rotatable bonds is 4. The molecule has 0 unspecified atom stereocenters. The quantitative estimate of drug-likeness (QED) is 0.756. The van der Waals surface area contributed by atoms with E-state index in [4.69, 9.17) is 4.74 Å².